The Morgan fingerprint density at radius 3 is 2.65 bits per heavy atom. The van der Waals surface area contributed by atoms with Crippen LogP contribution in [0.1, 0.15) is 29.9 Å². The molecule has 2 rings (SSSR count). The molecule has 0 fully saturated rings. The molecule has 26 heavy (non-hydrogen) atoms. The molecular weight excluding hydrogens is 330 g/mol. The van der Waals surface area contributed by atoms with Crippen molar-refractivity contribution in [2.45, 2.75) is 20.8 Å². The van der Waals surface area contributed by atoms with E-state index in [-0.39, 0.29) is 5.91 Å². The quantitative estimate of drug-likeness (QED) is 0.672. The van der Waals surface area contributed by atoms with Gasteiger partial charge < -0.3 is 20.3 Å². The first-order valence-corrected chi connectivity index (χ1v) is 8.81. The summed E-state index contributed by atoms with van der Waals surface area (Å²) in [5.41, 5.74) is 3.25. The molecule has 1 aromatic carbocycles. The second-order valence-electron chi connectivity index (χ2n) is 5.81. The molecule has 7 nitrogen and oxygen atoms in total. The first-order chi connectivity index (χ1) is 12.6. The summed E-state index contributed by atoms with van der Waals surface area (Å²) in [5, 5.41) is 5.94. The second kappa shape index (κ2) is 9.72. The minimum absolute atomic E-state index is 0.263. The fourth-order valence-electron chi connectivity index (χ4n) is 2.60. The molecule has 7 heteroatoms. The molecule has 0 saturated heterocycles. The van der Waals surface area contributed by atoms with Gasteiger partial charge in [-0.3, -0.25) is 4.79 Å². The topological polar surface area (TPSA) is 79.4 Å². The summed E-state index contributed by atoms with van der Waals surface area (Å²) in [5.74, 6) is 0.143. The average Bonchev–Trinajstić information content (AvgIpc) is 2.65. The van der Waals surface area contributed by atoms with Crippen LogP contribution >= 0.6 is 0 Å². The molecule has 1 heterocycles. The Morgan fingerprint density at radius 1 is 1.23 bits per heavy atom. The molecule has 2 aromatic rings. The fourth-order valence-corrected chi connectivity index (χ4v) is 2.60. The van der Waals surface area contributed by atoms with Crippen LogP contribution in [0.5, 0.6) is 0 Å². The van der Waals surface area contributed by atoms with E-state index in [0.717, 1.165) is 30.0 Å². The largest absolute Gasteiger partial charge is 0.383 e. The lowest BCUT2D eigenvalue weighted by atomic mass is 10.1. The summed E-state index contributed by atoms with van der Waals surface area (Å²) in [7, 11) is 1.63. The molecule has 0 unspecified atom stereocenters. The van der Waals surface area contributed by atoms with Crippen LogP contribution in [0.15, 0.2) is 30.5 Å². The van der Waals surface area contributed by atoms with Gasteiger partial charge in [0.1, 0.15) is 5.69 Å². The van der Waals surface area contributed by atoms with Crippen LogP contribution in [-0.4, -0.2) is 49.2 Å². The predicted octanol–water partition coefficient (Wildman–Crippen LogP) is 2.94. The van der Waals surface area contributed by atoms with Gasteiger partial charge >= 0.3 is 0 Å². The number of carbonyl (C=O) groups is 1. The minimum atomic E-state index is -0.263. The highest BCUT2D eigenvalue weighted by molar-refractivity contribution is 6.03. The van der Waals surface area contributed by atoms with Crippen LogP contribution < -0.4 is 15.5 Å². The van der Waals surface area contributed by atoms with Crippen molar-refractivity contribution in [3.8, 4) is 0 Å². The maximum absolute atomic E-state index is 12.5. The van der Waals surface area contributed by atoms with Crippen LogP contribution in [0, 0.1) is 6.92 Å². The molecule has 0 radical (unpaired) electrons. The van der Waals surface area contributed by atoms with Crippen molar-refractivity contribution in [1.82, 2.24) is 9.97 Å². The zero-order chi connectivity index (χ0) is 18.9. The van der Waals surface area contributed by atoms with Gasteiger partial charge in [0, 0.05) is 44.3 Å². The molecule has 1 aromatic heterocycles. The van der Waals surface area contributed by atoms with Crippen LogP contribution in [0.3, 0.4) is 0 Å². The van der Waals surface area contributed by atoms with E-state index < -0.39 is 0 Å². The number of hydrogen-bond acceptors (Lipinski definition) is 6. The van der Waals surface area contributed by atoms with Gasteiger partial charge in [0.25, 0.3) is 5.91 Å². The van der Waals surface area contributed by atoms with Crippen molar-refractivity contribution in [2.24, 2.45) is 0 Å². The number of carbonyl (C=O) groups excluding carboxylic acids is 1. The van der Waals surface area contributed by atoms with E-state index in [9.17, 15) is 4.79 Å². The van der Waals surface area contributed by atoms with Gasteiger partial charge in [0.15, 0.2) is 0 Å². The second-order valence-corrected chi connectivity index (χ2v) is 5.81. The maximum Gasteiger partial charge on any atom is 0.274 e. The van der Waals surface area contributed by atoms with Gasteiger partial charge in [0.05, 0.1) is 6.61 Å². The summed E-state index contributed by atoms with van der Waals surface area (Å²) in [6.45, 7) is 9.25. The molecule has 0 atom stereocenters. The number of ether oxygens (including phenoxy) is 1. The number of amides is 1. The number of rotatable bonds is 9. The van der Waals surface area contributed by atoms with E-state index in [2.05, 4.69) is 45.4 Å². The molecule has 0 aliphatic heterocycles. The summed E-state index contributed by atoms with van der Waals surface area (Å²) in [4.78, 5) is 23.1. The molecular formula is C19H27N5O2. The third kappa shape index (κ3) is 5.16. The standard InChI is InChI=1S/C19H27N5O2/c1-5-24(6-2)15-7-8-16(14(3)13-15)22-18(25)17-9-10-20-19(23-17)21-11-12-26-4/h7-10,13H,5-6,11-12H2,1-4H3,(H,22,25)(H,20,21,23). The van der Waals surface area contributed by atoms with Crippen LogP contribution in [0.4, 0.5) is 17.3 Å². The normalized spacial score (nSPS) is 10.5. The number of anilines is 3. The molecule has 140 valence electrons. The maximum atomic E-state index is 12.5. The van der Waals surface area contributed by atoms with E-state index in [1.165, 1.54) is 0 Å². The van der Waals surface area contributed by atoms with Crippen LogP contribution in [0.2, 0.25) is 0 Å². The lowest BCUT2D eigenvalue weighted by Gasteiger charge is -2.22. The lowest BCUT2D eigenvalue weighted by Crippen LogP contribution is -2.22. The van der Waals surface area contributed by atoms with E-state index >= 15 is 0 Å². The Kier molecular flexibility index (Phi) is 7.35. The number of methoxy groups -OCH3 is 1. The van der Waals surface area contributed by atoms with Crippen LogP contribution in [-0.2, 0) is 4.74 Å². The van der Waals surface area contributed by atoms with Gasteiger partial charge in [-0.15, -0.1) is 0 Å². The van der Waals surface area contributed by atoms with E-state index in [4.69, 9.17) is 4.74 Å². The van der Waals surface area contributed by atoms with Gasteiger partial charge in [-0.1, -0.05) is 0 Å². The third-order valence-electron chi connectivity index (χ3n) is 4.06. The molecule has 0 spiro atoms. The summed E-state index contributed by atoms with van der Waals surface area (Å²) in [6.07, 6.45) is 1.56. The Bertz CT molecular complexity index is 732. The Balaban J connectivity index is 2.08. The van der Waals surface area contributed by atoms with Gasteiger partial charge in [-0.25, -0.2) is 9.97 Å². The highest BCUT2D eigenvalue weighted by Gasteiger charge is 2.12. The van der Waals surface area contributed by atoms with Crippen molar-refractivity contribution in [1.29, 1.82) is 0 Å². The van der Waals surface area contributed by atoms with Crippen molar-refractivity contribution >= 4 is 23.2 Å². The predicted molar refractivity (Wildman–Crippen MR) is 105 cm³/mol. The fraction of sp³-hybridized carbons (Fsp3) is 0.421. The van der Waals surface area contributed by atoms with Crippen molar-refractivity contribution in [3.05, 3.63) is 41.7 Å². The number of nitrogens with zero attached hydrogens (tertiary/aromatic N) is 3. The molecule has 0 bridgehead atoms. The van der Waals surface area contributed by atoms with Crippen LogP contribution in [0.25, 0.3) is 0 Å². The van der Waals surface area contributed by atoms with Gasteiger partial charge in [-0.2, -0.15) is 0 Å². The third-order valence-corrected chi connectivity index (χ3v) is 4.06. The van der Waals surface area contributed by atoms with E-state index in [0.29, 0.717) is 24.8 Å². The molecule has 2 N–H and O–H groups in total. The summed E-state index contributed by atoms with van der Waals surface area (Å²) in [6, 6.07) is 7.63. The van der Waals surface area contributed by atoms with Crippen molar-refractivity contribution in [3.63, 3.8) is 0 Å². The highest BCUT2D eigenvalue weighted by Crippen LogP contribution is 2.23. The average molecular weight is 357 g/mol. The molecule has 1 amide bonds. The number of hydrogen-bond donors (Lipinski definition) is 2. The molecule has 0 saturated carbocycles. The Hall–Kier alpha value is -2.67. The van der Waals surface area contributed by atoms with Gasteiger partial charge in [-0.05, 0) is 50.6 Å². The number of nitrogens with one attached hydrogen (secondary N) is 2. The minimum Gasteiger partial charge on any atom is -0.383 e. The number of aromatic nitrogens is 2. The molecule has 0 aliphatic carbocycles. The SMILES string of the molecule is CCN(CC)c1ccc(NC(=O)c2ccnc(NCCOC)n2)c(C)c1. The van der Waals surface area contributed by atoms with E-state index in [1.54, 1.807) is 19.4 Å². The zero-order valence-electron chi connectivity index (χ0n) is 15.9. The van der Waals surface area contributed by atoms with Gasteiger partial charge in [0.2, 0.25) is 5.95 Å². The molecule has 0 aliphatic rings. The Labute approximate surface area is 154 Å². The summed E-state index contributed by atoms with van der Waals surface area (Å²) >= 11 is 0. The van der Waals surface area contributed by atoms with Crippen molar-refractivity contribution < 1.29 is 9.53 Å². The first-order valence-electron chi connectivity index (χ1n) is 8.81. The Morgan fingerprint density at radius 2 is 2.00 bits per heavy atom. The highest BCUT2D eigenvalue weighted by atomic mass is 16.5. The monoisotopic (exact) mass is 357 g/mol. The van der Waals surface area contributed by atoms with E-state index in [1.807, 2.05) is 19.1 Å². The summed E-state index contributed by atoms with van der Waals surface area (Å²) < 4.78 is 4.98. The number of aryl methyl sites for hydroxylation is 1. The lowest BCUT2D eigenvalue weighted by molar-refractivity contribution is 0.102. The van der Waals surface area contributed by atoms with Crippen molar-refractivity contribution in [2.75, 3.05) is 48.9 Å². The zero-order valence-corrected chi connectivity index (χ0v) is 15.9. The smallest absolute Gasteiger partial charge is 0.274 e. The number of benzene rings is 1. The first kappa shape index (κ1) is 19.7.